The van der Waals surface area contributed by atoms with Crippen LogP contribution < -0.4 is 0 Å². The fourth-order valence-corrected chi connectivity index (χ4v) is 3.72. The van der Waals surface area contributed by atoms with E-state index in [-0.39, 0.29) is 12.2 Å². The highest BCUT2D eigenvalue weighted by Gasteiger charge is 2.41. The third kappa shape index (κ3) is 6.80. The van der Waals surface area contributed by atoms with E-state index in [1.807, 2.05) is 6.07 Å². The Balaban J connectivity index is 1.95. The maximum Gasteiger partial charge on any atom is 0.171 e. The van der Waals surface area contributed by atoms with Crippen LogP contribution in [-0.2, 0) is 15.9 Å². The fraction of sp³-hybridized carbons (Fsp3) is 0.545. The Morgan fingerprint density at radius 2 is 2.04 bits per heavy atom. The lowest BCUT2D eigenvalue weighted by Gasteiger charge is -2.42. The topological polar surface area (TPSA) is 38.7 Å². The van der Waals surface area contributed by atoms with Crippen LogP contribution in [0, 0.1) is 0 Å². The normalized spacial score (nSPS) is 27.6. The van der Waals surface area contributed by atoms with E-state index in [0.29, 0.717) is 12.8 Å². The van der Waals surface area contributed by atoms with Gasteiger partial charge in [0.25, 0.3) is 0 Å². The minimum Gasteiger partial charge on any atom is -0.393 e. The number of benzene rings is 1. The molecule has 0 radical (unpaired) electrons. The second-order valence-corrected chi connectivity index (χ2v) is 7.97. The van der Waals surface area contributed by atoms with Gasteiger partial charge >= 0.3 is 0 Å². The summed E-state index contributed by atoms with van der Waals surface area (Å²) >= 11 is 2.25. The number of methoxy groups -OCH3 is 1. The van der Waals surface area contributed by atoms with Crippen molar-refractivity contribution in [1.29, 1.82) is 0 Å². The Bertz CT molecular complexity index is 611. The molecule has 1 N–H and O–H groups in total. The largest absolute Gasteiger partial charge is 0.393 e. The van der Waals surface area contributed by atoms with Gasteiger partial charge in [-0.25, -0.2) is 0 Å². The third-order valence-electron chi connectivity index (χ3n) is 5.00. The van der Waals surface area contributed by atoms with Gasteiger partial charge in [0.2, 0.25) is 0 Å². The van der Waals surface area contributed by atoms with Crippen molar-refractivity contribution in [1.82, 2.24) is 0 Å². The standard InChI is InChI=1S/C22H31IO3/c1-17(9-10-19-7-5-4-6-8-19)11-12-22(25-3)15-20(24)14-21(26-22)13-18(2)16-23/h4-9,16,20-21,24H,10-15H2,1-3H3/b17-9+,18-16+/t20-,21-,22+/m1/s1. The van der Waals surface area contributed by atoms with Crippen molar-refractivity contribution in [3.8, 4) is 0 Å². The van der Waals surface area contributed by atoms with Crippen molar-refractivity contribution in [2.45, 2.75) is 70.4 Å². The van der Waals surface area contributed by atoms with Crippen molar-refractivity contribution in [3.63, 3.8) is 0 Å². The van der Waals surface area contributed by atoms with Gasteiger partial charge in [-0.15, -0.1) is 0 Å². The van der Waals surface area contributed by atoms with Crippen molar-refractivity contribution >= 4 is 22.6 Å². The van der Waals surface area contributed by atoms with Gasteiger partial charge in [0.1, 0.15) is 0 Å². The number of hydrogen-bond acceptors (Lipinski definition) is 3. The van der Waals surface area contributed by atoms with Crippen LogP contribution in [0.5, 0.6) is 0 Å². The highest BCUT2D eigenvalue weighted by molar-refractivity contribution is 14.1. The molecule has 1 aromatic rings. The van der Waals surface area contributed by atoms with Crippen LogP contribution in [0.3, 0.4) is 0 Å². The molecule has 1 fully saturated rings. The maximum atomic E-state index is 10.4. The fourth-order valence-electron chi connectivity index (χ4n) is 3.46. The van der Waals surface area contributed by atoms with E-state index in [9.17, 15) is 5.11 Å². The van der Waals surface area contributed by atoms with Crippen LogP contribution >= 0.6 is 22.6 Å². The predicted molar refractivity (Wildman–Crippen MR) is 115 cm³/mol. The lowest BCUT2D eigenvalue weighted by molar-refractivity contribution is -0.287. The molecule has 0 saturated carbocycles. The molecular weight excluding hydrogens is 439 g/mol. The molecule has 0 unspecified atom stereocenters. The van der Waals surface area contributed by atoms with E-state index in [2.05, 4.69) is 70.9 Å². The number of ether oxygens (including phenoxy) is 2. The van der Waals surface area contributed by atoms with E-state index in [0.717, 1.165) is 25.7 Å². The van der Waals surface area contributed by atoms with Gasteiger partial charge in [0.15, 0.2) is 5.79 Å². The van der Waals surface area contributed by atoms with Crippen LogP contribution in [0.25, 0.3) is 0 Å². The molecule has 0 bridgehead atoms. The first-order chi connectivity index (χ1) is 12.5. The average molecular weight is 470 g/mol. The minimum atomic E-state index is -0.685. The van der Waals surface area contributed by atoms with Gasteiger partial charge in [0, 0.05) is 26.4 Å². The molecule has 3 nitrogen and oxygen atoms in total. The van der Waals surface area contributed by atoms with E-state index in [4.69, 9.17) is 9.47 Å². The third-order valence-corrected chi connectivity index (χ3v) is 6.06. The van der Waals surface area contributed by atoms with Gasteiger partial charge < -0.3 is 14.6 Å². The molecule has 0 amide bonds. The summed E-state index contributed by atoms with van der Waals surface area (Å²) in [6, 6.07) is 10.5. The molecule has 2 rings (SSSR count). The molecule has 1 aromatic carbocycles. The van der Waals surface area contributed by atoms with Crippen molar-refractivity contribution in [3.05, 3.63) is 57.2 Å². The van der Waals surface area contributed by atoms with Gasteiger partial charge in [-0.2, -0.15) is 0 Å². The SMILES string of the molecule is CO[C@]1(CC/C(C)=C/Cc2ccccc2)C[C@H](O)C[C@@H](C/C(C)=C/I)O1. The van der Waals surface area contributed by atoms with Crippen molar-refractivity contribution in [2.75, 3.05) is 7.11 Å². The van der Waals surface area contributed by atoms with Gasteiger partial charge in [0.05, 0.1) is 12.2 Å². The summed E-state index contributed by atoms with van der Waals surface area (Å²) in [5, 5.41) is 10.4. The summed E-state index contributed by atoms with van der Waals surface area (Å²) in [6.07, 6.45) is 6.59. The van der Waals surface area contributed by atoms with Crippen LogP contribution in [0.2, 0.25) is 0 Å². The summed E-state index contributed by atoms with van der Waals surface area (Å²) in [5.74, 6) is -0.685. The van der Waals surface area contributed by atoms with Crippen LogP contribution in [0.4, 0.5) is 0 Å². The number of rotatable bonds is 8. The molecular formula is C22H31IO3. The molecule has 26 heavy (non-hydrogen) atoms. The van der Waals surface area contributed by atoms with Gasteiger partial charge in [-0.3, -0.25) is 0 Å². The monoisotopic (exact) mass is 470 g/mol. The number of allylic oxidation sites excluding steroid dienone is 2. The van der Waals surface area contributed by atoms with Crippen LogP contribution in [-0.4, -0.2) is 30.2 Å². The second-order valence-electron chi connectivity index (χ2n) is 7.35. The molecule has 4 heteroatoms. The van der Waals surface area contributed by atoms with E-state index >= 15 is 0 Å². The molecule has 0 spiro atoms. The molecule has 1 saturated heterocycles. The quantitative estimate of drug-likeness (QED) is 0.399. The molecule has 1 aliphatic heterocycles. The Hall–Kier alpha value is -0.690. The summed E-state index contributed by atoms with van der Waals surface area (Å²) in [4.78, 5) is 0. The zero-order valence-electron chi connectivity index (χ0n) is 16.1. The Labute approximate surface area is 171 Å². The summed E-state index contributed by atoms with van der Waals surface area (Å²) in [6.45, 7) is 4.26. The highest BCUT2D eigenvalue weighted by Crippen LogP contribution is 2.36. The highest BCUT2D eigenvalue weighted by atomic mass is 127. The minimum absolute atomic E-state index is 0.0123. The summed E-state index contributed by atoms with van der Waals surface area (Å²) in [5.41, 5.74) is 3.92. The first kappa shape index (κ1) is 21.6. The molecule has 144 valence electrons. The van der Waals surface area contributed by atoms with Gasteiger partial charge in [-0.1, -0.05) is 70.1 Å². The van der Waals surface area contributed by atoms with E-state index in [1.165, 1.54) is 16.7 Å². The number of aliphatic hydroxyl groups is 1. The number of halogens is 1. The Morgan fingerprint density at radius 3 is 2.69 bits per heavy atom. The predicted octanol–water partition coefficient (Wildman–Crippen LogP) is 5.57. The van der Waals surface area contributed by atoms with Crippen LogP contribution in [0.15, 0.2) is 51.6 Å². The number of aliphatic hydroxyl groups excluding tert-OH is 1. The lowest BCUT2D eigenvalue weighted by atomic mass is 9.91. The van der Waals surface area contributed by atoms with E-state index < -0.39 is 5.79 Å². The first-order valence-electron chi connectivity index (χ1n) is 9.33. The lowest BCUT2D eigenvalue weighted by Crippen LogP contribution is -2.47. The zero-order valence-corrected chi connectivity index (χ0v) is 18.2. The van der Waals surface area contributed by atoms with Crippen LogP contribution in [0.1, 0.15) is 51.5 Å². The molecule has 3 atom stereocenters. The molecule has 1 heterocycles. The van der Waals surface area contributed by atoms with Crippen molar-refractivity contribution < 1.29 is 14.6 Å². The second kappa shape index (κ2) is 10.6. The smallest absolute Gasteiger partial charge is 0.171 e. The summed E-state index contributed by atoms with van der Waals surface area (Å²) < 4.78 is 14.2. The Morgan fingerprint density at radius 1 is 1.31 bits per heavy atom. The van der Waals surface area contributed by atoms with Crippen molar-refractivity contribution in [2.24, 2.45) is 0 Å². The average Bonchev–Trinajstić information content (AvgIpc) is 2.65. The van der Waals surface area contributed by atoms with E-state index in [1.54, 1.807) is 7.11 Å². The Kier molecular flexibility index (Phi) is 8.80. The molecule has 0 aromatic heterocycles. The molecule has 0 aliphatic carbocycles. The first-order valence-corrected chi connectivity index (χ1v) is 10.6. The maximum absolute atomic E-state index is 10.4. The molecule has 1 aliphatic rings. The zero-order chi connectivity index (χ0) is 19.0. The summed E-state index contributed by atoms with van der Waals surface area (Å²) in [7, 11) is 1.69. The van der Waals surface area contributed by atoms with Gasteiger partial charge in [-0.05, 0) is 42.8 Å². The number of hydrogen-bond donors (Lipinski definition) is 1.